The van der Waals surface area contributed by atoms with Crippen molar-refractivity contribution in [2.75, 3.05) is 7.05 Å². The minimum absolute atomic E-state index is 0.261. The maximum atomic E-state index is 13.3. The quantitative estimate of drug-likeness (QED) is 0.939. The Hall–Kier alpha value is -0.780. The van der Waals surface area contributed by atoms with E-state index in [0.29, 0.717) is 4.47 Å². The Balaban J connectivity index is 2.31. The first kappa shape index (κ1) is 11.7. The van der Waals surface area contributed by atoms with Crippen molar-refractivity contribution in [2.24, 2.45) is 0 Å². The molecule has 16 heavy (non-hydrogen) atoms. The van der Waals surface area contributed by atoms with Crippen molar-refractivity contribution < 1.29 is 4.39 Å². The van der Waals surface area contributed by atoms with Gasteiger partial charge in [-0.15, -0.1) is 11.3 Å². The third kappa shape index (κ3) is 2.48. The lowest BCUT2D eigenvalue weighted by molar-refractivity contribution is 0.621. The summed E-state index contributed by atoms with van der Waals surface area (Å²) in [4.78, 5) is 4.42. The molecule has 0 fully saturated rings. The van der Waals surface area contributed by atoms with Gasteiger partial charge in [0.25, 0.3) is 0 Å². The average Bonchev–Trinajstić information content (AvgIpc) is 2.71. The van der Waals surface area contributed by atoms with Gasteiger partial charge in [-0.05, 0) is 35.1 Å². The number of benzene rings is 1. The zero-order chi connectivity index (χ0) is 11.5. The van der Waals surface area contributed by atoms with Gasteiger partial charge in [-0.2, -0.15) is 0 Å². The number of hydrogen-bond donors (Lipinski definition) is 1. The number of aromatic nitrogens is 1. The van der Waals surface area contributed by atoms with Crippen LogP contribution in [-0.2, 0) is 6.54 Å². The molecule has 2 nitrogen and oxygen atoms in total. The number of rotatable bonds is 3. The van der Waals surface area contributed by atoms with E-state index in [1.54, 1.807) is 6.07 Å². The summed E-state index contributed by atoms with van der Waals surface area (Å²) in [6.45, 7) is 0.732. The van der Waals surface area contributed by atoms with Crippen LogP contribution in [0, 0.1) is 5.82 Å². The molecule has 0 bridgehead atoms. The smallest absolute Gasteiger partial charge is 0.138 e. The topological polar surface area (TPSA) is 24.9 Å². The van der Waals surface area contributed by atoms with Crippen molar-refractivity contribution in [1.82, 2.24) is 10.3 Å². The van der Waals surface area contributed by atoms with E-state index in [0.717, 1.165) is 22.8 Å². The summed E-state index contributed by atoms with van der Waals surface area (Å²) in [5.41, 5.74) is 1.79. The third-order valence-electron chi connectivity index (χ3n) is 2.08. The van der Waals surface area contributed by atoms with Gasteiger partial charge >= 0.3 is 0 Å². The van der Waals surface area contributed by atoms with Crippen LogP contribution in [0.1, 0.15) is 5.69 Å². The Morgan fingerprint density at radius 1 is 1.50 bits per heavy atom. The van der Waals surface area contributed by atoms with E-state index < -0.39 is 0 Å². The molecule has 0 aliphatic heterocycles. The van der Waals surface area contributed by atoms with Gasteiger partial charge < -0.3 is 5.32 Å². The fourth-order valence-electron chi connectivity index (χ4n) is 1.33. The van der Waals surface area contributed by atoms with Crippen molar-refractivity contribution in [3.8, 4) is 10.6 Å². The average molecular weight is 301 g/mol. The molecular formula is C11H10BrFN2S. The van der Waals surface area contributed by atoms with Gasteiger partial charge in [-0.3, -0.25) is 0 Å². The molecule has 0 aliphatic rings. The second kappa shape index (κ2) is 5.03. The highest BCUT2D eigenvalue weighted by Crippen LogP contribution is 2.27. The van der Waals surface area contributed by atoms with E-state index in [4.69, 9.17) is 0 Å². The van der Waals surface area contributed by atoms with E-state index in [1.165, 1.54) is 17.4 Å². The number of halogens is 2. The van der Waals surface area contributed by atoms with Crippen molar-refractivity contribution in [1.29, 1.82) is 0 Å². The SMILES string of the molecule is CNCc1csc(-c2ccc(Br)c(F)c2)n1. The van der Waals surface area contributed by atoms with Gasteiger partial charge in [-0.25, -0.2) is 9.37 Å². The van der Waals surface area contributed by atoms with Gasteiger partial charge in [0.2, 0.25) is 0 Å². The number of thiazole rings is 1. The van der Waals surface area contributed by atoms with Gasteiger partial charge in [0.15, 0.2) is 0 Å². The molecule has 2 rings (SSSR count). The van der Waals surface area contributed by atoms with Crippen LogP contribution >= 0.6 is 27.3 Å². The first-order valence-corrected chi connectivity index (χ1v) is 6.42. The molecule has 0 saturated heterocycles. The summed E-state index contributed by atoms with van der Waals surface area (Å²) >= 11 is 4.65. The molecule has 0 atom stereocenters. The Kier molecular flexibility index (Phi) is 3.68. The first-order chi connectivity index (χ1) is 7.70. The van der Waals surface area contributed by atoms with E-state index in [-0.39, 0.29) is 5.82 Å². The molecule has 5 heteroatoms. The maximum absolute atomic E-state index is 13.3. The van der Waals surface area contributed by atoms with Crippen LogP contribution in [0.5, 0.6) is 0 Å². The Bertz CT molecular complexity index is 498. The largest absolute Gasteiger partial charge is 0.314 e. The first-order valence-electron chi connectivity index (χ1n) is 4.75. The fraction of sp³-hybridized carbons (Fsp3) is 0.182. The van der Waals surface area contributed by atoms with Crippen LogP contribution in [0.2, 0.25) is 0 Å². The molecule has 1 heterocycles. The summed E-state index contributed by atoms with van der Waals surface area (Å²) < 4.78 is 13.8. The van der Waals surface area contributed by atoms with Crippen LogP contribution in [0.25, 0.3) is 10.6 Å². The minimum atomic E-state index is -0.261. The second-order valence-corrected chi connectivity index (χ2v) is 5.02. The minimum Gasteiger partial charge on any atom is -0.314 e. The lowest BCUT2D eigenvalue weighted by atomic mass is 10.2. The molecule has 0 spiro atoms. The van der Waals surface area contributed by atoms with E-state index in [9.17, 15) is 4.39 Å². The predicted molar refractivity (Wildman–Crippen MR) is 68.0 cm³/mol. The number of hydrogen-bond acceptors (Lipinski definition) is 3. The van der Waals surface area contributed by atoms with Crippen LogP contribution < -0.4 is 5.32 Å². The van der Waals surface area contributed by atoms with Crippen molar-refractivity contribution in [3.63, 3.8) is 0 Å². The molecule has 0 unspecified atom stereocenters. The van der Waals surface area contributed by atoms with Gasteiger partial charge in [0, 0.05) is 17.5 Å². The predicted octanol–water partition coefficient (Wildman–Crippen LogP) is 3.43. The lowest BCUT2D eigenvalue weighted by Gasteiger charge is -1.98. The molecular weight excluding hydrogens is 291 g/mol. The monoisotopic (exact) mass is 300 g/mol. The van der Waals surface area contributed by atoms with Crippen molar-refractivity contribution >= 4 is 27.3 Å². The van der Waals surface area contributed by atoms with Gasteiger partial charge in [0.05, 0.1) is 10.2 Å². The highest BCUT2D eigenvalue weighted by Gasteiger charge is 2.07. The highest BCUT2D eigenvalue weighted by atomic mass is 79.9. The van der Waals surface area contributed by atoms with Gasteiger partial charge in [0.1, 0.15) is 10.8 Å². The number of nitrogens with zero attached hydrogens (tertiary/aromatic N) is 1. The highest BCUT2D eigenvalue weighted by molar-refractivity contribution is 9.10. The summed E-state index contributed by atoms with van der Waals surface area (Å²) in [6, 6.07) is 5.05. The molecule has 0 aliphatic carbocycles. The normalized spacial score (nSPS) is 10.7. The van der Waals surface area contributed by atoms with Crippen molar-refractivity contribution in [2.45, 2.75) is 6.54 Å². The standard InChI is InChI=1S/C11H10BrFN2S/c1-14-5-8-6-16-11(15-8)7-2-3-9(12)10(13)4-7/h2-4,6,14H,5H2,1H3. The van der Waals surface area contributed by atoms with Crippen LogP contribution in [-0.4, -0.2) is 12.0 Å². The van der Waals surface area contributed by atoms with Gasteiger partial charge in [-0.1, -0.05) is 6.07 Å². The molecule has 0 radical (unpaired) electrons. The van der Waals surface area contributed by atoms with Crippen LogP contribution in [0.4, 0.5) is 4.39 Å². The molecule has 0 amide bonds. The molecule has 1 N–H and O–H groups in total. The lowest BCUT2D eigenvalue weighted by Crippen LogP contribution is -2.04. The Morgan fingerprint density at radius 3 is 3.00 bits per heavy atom. The summed E-state index contributed by atoms with van der Waals surface area (Å²) in [5, 5.41) is 5.85. The van der Waals surface area contributed by atoms with Crippen LogP contribution in [0.15, 0.2) is 28.1 Å². The summed E-state index contributed by atoms with van der Waals surface area (Å²) in [5.74, 6) is -0.261. The Morgan fingerprint density at radius 2 is 2.31 bits per heavy atom. The van der Waals surface area contributed by atoms with Crippen molar-refractivity contribution in [3.05, 3.63) is 39.6 Å². The Labute approximate surface area is 106 Å². The zero-order valence-corrected chi connectivity index (χ0v) is 11.0. The second-order valence-electron chi connectivity index (χ2n) is 3.30. The van der Waals surface area contributed by atoms with E-state index in [1.807, 2.05) is 18.5 Å². The van der Waals surface area contributed by atoms with Crippen LogP contribution in [0.3, 0.4) is 0 Å². The molecule has 0 saturated carbocycles. The molecule has 2 aromatic rings. The molecule has 1 aromatic heterocycles. The maximum Gasteiger partial charge on any atom is 0.138 e. The number of nitrogens with one attached hydrogen (secondary N) is 1. The fourth-order valence-corrected chi connectivity index (χ4v) is 2.39. The molecule has 1 aromatic carbocycles. The summed E-state index contributed by atoms with van der Waals surface area (Å²) in [6.07, 6.45) is 0. The zero-order valence-electron chi connectivity index (χ0n) is 8.63. The molecule has 84 valence electrons. The summed E-state index contributed by atoms with van der Waals surface area (Å²) in [7, 11) is 1.87. The van der Waals surface area contributed by atoms with E-state index >= 15 is 0 Å². The third-order valence-corrected chi connectivity index (χ3v) is 3.66. The van der Waals surface area contributed by atoms with E-state index in [2.05, 4.69) is 26.2 Å².